The number of carbonyl (C=O) groups is 1. The van der Waals surface area contributed by atoms with Gasteiger partial charge in [-0.2, -0.15) is 0 Å². The highest BCUT2D eigenvalue weighted by Gasteiger charge is 2.06. The Bertz CT molecular complexity index is 599. The molecule has 0 heterocycles. The second-order valence-corrected chi connectivity index (χ2v) is 4.83. The summed E-state index contributed by atoms with van der Waals surface area (Å²) in [4.78, 5) is 11.9. The Kier molecular flexibility index (Phi) is 5.02. The number of hydrogen-bond donors (Lipinski definition) is 1. The van der Waals surface area contributed by atoms with Gasteiger partial charge in [-0.15, -0.1) is 0 Å². The number of methoxy groups -OCH3 is 1. The van der Waals surface area contributed by atoms with Crippen LogP contribution in [-0.4, -0.2) is 13.0 Å². The van der Waals surface area contributed by atoms with E-state index in [2.05, 4.69) is 5.32 Å². The maximum absolute atomic E-state index is 11.9. The molecule has 0 aromatic heterocycles. The molecule has 4 heteroatoms. The summed E-state index contributed by atoms with van der Waals surface area (Å²) < 4.78 is 5.24. The molecule has 0 spiro atoms. The first kappa shape index (κ1) is 14.4. The fraction of sp³-hybridized carbons (Fsp3) is 0.188. The largest absolute Gasteiger partial charge is 0.496 e. The van der Waals surface area contributed by atoms with E-state index in [1.54, 1.807) is 19.2 Å². The number of hydrogen-bond acceptors (Lipinski definition) is 2. The van der Waals surface area contributed by atoms with Gasteiger partial charge in [0, 0.05) is 17.1 Å². The minimum absolute atomic E-state index is 0.0434. The molecule has 0 unspecified atom stereocenters. The Morgan fingerprint density at radius 3 is 2.75 bits per heavy atom. The quantitative estimate of drug-likeness (QED) is 0.918. The van der Waals surface area contributed by atoms with Gasteiger partial charge in [0.1, 0.15) is 5.75 Å². The molecule has 3 nitrogen and oxygen atoms in total. The first-order valence-electron chi connectivity index (χ1n) is 6.32. The molecule has 0 radical (unpaired) electrons. The van der Waals surface area contributed by atoms with Crippen LogP contribution in [0.2, 0.25) is 5.02 Å². The van der Waals surface area contributed by atoms with Crippen molar-refractivity contribution in [1.29, 1.82) is 0 Å². The highest BCUT2D eigenvalue weighted by atomic mass is 35.5. The zero-order chi connectivity index (χ0) is 14.4. The molecule has 20 heavy (non-hydrogen) atoms. The van der Waals surface area contributed by atoms with Crippen molar-refractivity contribution in [3.63, 3.8) is 0 Å². The standard InChI is InChI=1S/C16H16ClNO2/c1-20-15-8-3-2-6-13(15)11-18-16(19)10-12-5-4-7-14(17)9-12/h2-9H,10-11H2,1H3,(H,18,19). The molecule has 104 valence electrons. The van der Waals surface area contributed by atoms with E-state index in [1.165, 1.54) is 0 Å². The summed E-state index contributed by atoms with van der Waals surface area (Å²) in [7, 11) is 1.62. The van der Waals surface area contributed by atoms with E-state index in [0.717, 1.165) is 16.9 Å². The fourth-order valence-electron chi connectivity index (χ4n) is 1.94. The third-order valence-corrected chi connectivity index (χ3v) is 3.16. The molecule has 0 aliphatic heterocycles. The van der Waals surface area contributed by atoms with Gasteiger partial charge in [0.05, 0.1) is 13.5 Å². The summed E-state index contributed by atoms with van der Waals surface area (Å²) in [6, 6.07) is 14.9. The topological polar surface area (TPSA) is 38.3 Å². The van der Waals surface area contributed by atoms with E-state index in [0.29, 0.717) is 18.0 Å². The van der Waals surface area contributed by atoms with Gasteiger partial charge in [-0.25, -0.2) is 0 Å². The van der Waals surface area contributed by atoms with Crippen LogP contribution in [0.25, 0.3) is 0 Å². The van der Waals surface area contributed by atoms with Gasteiger partial charge in [-0.3, -0.25) is 4.79 Å². The van der Waals surface area contributed by atoms with Crippen LogP contribution >= 0.6 is 11.6 Å². The average Bonchev–Trinajstić information content (AvgIpc) is 2.45. The molecule has 0 aliphatic rings. The lowest BCUT2D eigenvalue weighted by atomic mass is 10.1. The van der Waals surface area contributed by atoms with Crippen molar-refractivity contribution in [3.8, 4) is 5.75 Å². The third-order valence-electron chi connectivity index (χ3n) is 2.92. The SMILES string of the molecule is COc1ccccc1CNC(=O)Cc1cccc(Cl)c1. The van der Waals surface area contributed by atoms with E-state index >= 15 is 0 Å². The van der Waals surface area contributed by atoms with Gasteiger partial charge in [-0.1, -0.05) is 41.9 Å². The molecule has 0 atom stereocenters. The first-order valence-corrected chi connectivity index (χ1v) is 6.70. The van der Waals surface area contributed by atoms with Gasteiger partial charge in [-0.05, 0) is 23.8 Å². The Hall–Kier alpha value is -2.00. The van der Waals surface area contributed by atoms with Crippen LogP contribution in [-0.2, 0) is 17.8 Å². The minimum atomic E-state index is -0.0434. The Balaban J connectivity index is 1.92. The molecule has 0 fully saturated rings. The van der Waals surface area contributed by atoms with Crippen LogP contribution in [0, 0.1) is 0 Å². The first-order chi connectivity index (χ1) is 9.69. The molecule has 0 saturated heterocycles. The van der Waals surface area contributed by atoms with Crippen LogP contribution in [0.4, 0.5) is 0 Å². The van der Waals surface area contributed by atoms with E-state index in [-0.39, 0.29) is 5.91 Å². The maximum Gasteiger partial charge on any atom is 0.224 e. The number of halogens is 1. The van der Waals surface area contributed by atoms with Crippen LogP contribution in [0.5, 0.6) is 5.75 Å². The zero-order valence-electron chi connectivity index (χ0n) is 11.2. The van der Waals surface area contributed by atoms with E-state index in [9.17, 15) is 4.79 Å². The predicted molar refractivity (Wildman–Crippen MR) is 80.0 cm³/mol. The molecule has 1 N–H and O–H groups in total. The Labute approximate surface area is 123 Å². The molecular formula is C16H16ClNO2. The molecule has 1 amide bonds. The summed E-state index contributed by atoms with van der Waals surface area (Å²) in [5.74, 6) is 0.730. The Morgan fingerprint density at radius 1 is 1.20 bits per heavy atom. The fourth-order valence-corrected chi connectivity index (χ4v) is 2.15. The van der Waals surface area contributed by atoms with E-state index in [1.807, 2.05) is 36.4 Å². The lowest BCUT2D eigenvalue weighted by Crippen LogP contribution is -2.24. The molecule has 0 bridgehead atoms. The van der Waals surface area contributed by atoms with Crippen molar-refractivity contribution in [2.75, 3.05) is 7.11 Å². The van der Waals surface area contributed by atoms with Crippen molar-refractivity contribution in [3.05, 3.63) is 64.7 Å². The van der Waals surface area contributed by atoms with Gasteiger partial charge in [0.2, 0.25) is 5.91 Å². The number of nitrogens with one attached hydrogen (secondary N) is 1. The molecule has 2 aromatic carbocycles. The summed E-state index contributed by atoms with van der Waals surface area (Å²) in [5, 5.41) is 3.52. The van der Waals surface area contributed by atoms with Gasteiger partial charge in [0.15, 0.2) is 0 Å². The average molecular weight is 290 g/mol. The second-order valence-electron chi connectivity index (χ2n) is 4.40. The number of ether oxygens (including phenoxy) is 1. The number of amides is 1. The molecule has 0 saturated carbocycles. The van der Waals surface area contributed by atoms with Crippen molar-refractivity contribution >= 4 is 17.5 Å². The minimum Gasteiger partial charge on any atom is -0.496 e. The summed E-state index contributed by atoms with van der Waals surface area (Å²) >= 11 is 5.89. The van der Waals surface area contributed by atoms with Gasteiger partial charge in [0.25, 0.3) is 0 Å². The molecule has 2 aromatic rings. The highest BCUT2D eigenvalue weighted by Crippen LogP contribution is 2.17. The number of carbonyl (C=O) groups excluding carboxylic acids is 1. The zero-order valence-corrected chi connectivity index (χ0v) is 12.0. The van der Waals surface area contributed by atoms with Crippen molar-refractivity contribution in [1.82, 2.24) is 5.32 Å². The summed E-state index contributed by atoms with van der Waals surface area (Å²) in [6.07, 6.45) is 0.315. The monoisotopic (exact) mass is 289 g/mol. The van der Waals surface area contributed by atoms with Crippen molar-refractivity contribution in [2.45, 2.75) is 13.0 Å². The van der Waals surface area contributed by atoms with Gasteiger partial charge < -0.3 is 10.1 Å². The normalized spacial score (nSPS) is 10.1. The van der Waals surface area contributed by atoms with Crippen LogP contribution in [0.3, 0.4) is 0 Å². The predicted octanol–water partition coefficient (Wildman–Crippen LogP) is 3.21. The van der Waals surface area contributed by atoms with Crippen LogP contribution in [0.15, 0.2) is 48.5 Å². The van der Waals surface area contributed by atoms with E-state index in [4.69, 9.17) is 16.3 Å². The lowest BCUT2D eigenvalue weighted by Gasteiger charge is -2.09. The van der Waals surface area contributed by atoms with Crippen LogP contribution in [0.1, 0.15) is 11.1 Å². The summed E-state index contributed by atoms with van der Waals surface area (Å²) in [5.41, 5.74) is 1.85. The number of rotatable bonds is 5. The lowest BCUT2D eigenvalue weighted by molar-refractivity contribution is -0.120. The maximum atomic E-state index is 11.9. The molecule has 2 rings (SSSR count). The third kappa shape index (κ3) is 4.00. The van der Waals surface area contributed by atoms with Gasteiger partial charge >= 0.3 is 0 Å². The Morgan fingerprint density at radius 2 is 2.00 bits per heavy atom. The van der Waals surface area contributed by atoms with Crippen LogP contribution < -0.4 is 10.1 Å². The molecule has 0 aliphatic carbocycles. The second kappa shape index (κ2) is 6.96. The number of benzene rings is 2. The molecular weight excluding hydrogens is 274 g/mol. The number of para-hydroxylation sites is 1. The highest BCUT2D eigenvalue weighted by molar-refractivity contribution is 6.30. The van der Waals surface area contributed by atoms with E-state index < -0.39 is 0 Å². The smallest absolute Gasteiger partial charge is 0.224 e. The summed E-state index contributed by atoms with van der Waals surface area (Å²) in [6.45, 7) is 0.448. The van der Waals surface area contributed by atoms with Crippen molar-refractivity contribution < 1.29 is 9.53 Å². The van der Waals surface area contributed by atoms with Crippen molar-refractivity contribution in [2.24, 2.45) is 0 Å².